The molecule has 0 aromatic heterocycles. The first-order valence-corrected chi connectivity index (χ1v) is 9.43. The average Bonchev–Trinajstić information content (AvgIpc) is 2.81. The molecule has 0 saturated heterocycles. The van der Waals surface area contributed by atoms with Gasteiger partial charge in [-0.15, -0.1) is 0 Å². The minimum atomic E-state index is -0.147. The molecular weight excluding hydrogens is 378 g/mol. The van der Waals surface area contributed by atoms with Crippen molar-refractivity contribution in [3.63, 3.8) is 0 Å². The normalized spacial score (nSPS) is 10.9. The highest BCUT2D eigenvalue weighted by atomic mass is 16.5. The number of nitriles is 1. The van der Waals surface area contributed by atoms with Crippen LogP contribution < -0.4 is 14.2 Å². The third-order valence-corrected chi connectivity index (χ3v) is 4.62. The lowest BCUT2D eigenvalue weighted by atomic mass is 10.0. The molecule has 0 aliphatic heterocycles. The standard InChI is InChI=1S/C25H23NO4/c1-28-23-11-8-19(13-25(23)29-2)12-22(15-26)20-9-10-21(16-27)24(14-20)30-17-18-6-4-3-5-7-18/h3-14,27H,16-17H2,1-2H3/b22-12+. The molecule has 3 rings (SSSR count). The number of allylic oxidation sites excluding steroid dienone is 1. The largest absolute Gasteiger partial charge is 0.493 e. The van der Waals surface area contributed by atoms with Crippen molar-refractivity contribution in [3.05, 3.63) is 89.0 Å². The number of hydrogen-bond acceptors (Lipinski definition) is 5. The Hall–Kier alpha value is -3.75. The maximum absolute atomic E-state index is 9.73. The summed E-state index contributed by atoms with van der Waals surface area (Å²) in [5, 5.41) is 19.4. The van der Waals surface area contributed by atoms with Crippen LogP contribution in [0, 0.1) is 11.3 Å². The summed E-state index contributed by atoms with van der Waals surface area (Å²) >= 11 is 0. The van der Waals surface area contributed by atoms with Crippen molar-refractivity contribution in [3.8, 4) is 23.3 Å². The van der Waals surface area contributed by atoms with E-state index < -0.39 is 0 Å². The highest BCUT2D eigenvalue weighted by Gasteiger charge is 2.10. The highest BCUT2D eigenvalue weighted by Crippen LogP contribution is 2.31. The number of rotatable bonds is 8. The molecule has 0 radical (unpaired) electrons. The van der Waals surface area contributed by atoms with Gasteiger partial charge in [0.15, 0.2) is 11.5 Å². The van der Waals surface area contributed by atoms with Gasteiger partial charge in [-0.2, -0.15) is 5.26 Å². The van der Waals surface area contributed by atoms with Crippen LogP contribution in [0.15, 0.2) is 66.7 Å². The molecule has 152 valence electrons. The smallest absolute Gasteiger partial charge is 0.161 e. The number of methoxy groups -OCH3 is 2. The van der Waals surface area contributed by atoms with E-state index in [0.717, 1.165) is 11.1 Å². The second kappa shape index (κ2) is 10.1. The minimum Gasteiger partial charge on any atom is -0.493 e. The minimum absolute atomic E-state index is 0.147. The molecule has 0 heterocycles. The van der Waals surface area contributed by atoms with Gasteiger partial charge in [0.2, 0.25) is 0 Å². The summed E-state index contributed by atoms with van der Waals surface area (Å²) in [5.41, 5.74) is 3.66. The lowest BCUT2D eigenvalue weighted by molar-refractivity contribution is 0.259. The van der Waals surface area contributed by atoms with E-state index >= 15 is 0 Å². The molecule has 0 atom stereocenters. The van der Waals surface area contributed by atoms with Crippen LogP contribution in [-0.2, 0) is 13.2 Å². The Labute approximate surface area is 176 Å². The molecule has 5 heteroatoms. The van der Waals surface area contributed by atoms with Gasteiger partial charge in [-0.1, -0.05) is 48.5 Å². The van der Waals surface area contributed by atoms with E-state index in [2.05, 4.69) is 6.07 Å². The predicted octanol–water partition coefficient (Wildman–Crippen LogP) is 4.84. The Bertz CT molecular complexity index is 1070. The molecule has 30 heavy (non-hydrogen) atoms. The third-order valence-electron chi connectivity index (χ3n) is 4.62. The molecule has 0 fully saturated rings. The lowest BCUT2D eigenvalue weighted by Gasteiger charge is -2.12. The Balaban J connectivity index is 1.91. The van der Waals surface area contributed by atoms with Crippen LogP contribution in [0.4, 0.5) is 0 Å². The number of aliphatic hydroxyl groups excluding tert-OH is 1. The zero-order valence-corrected chi connectivity index (χ0v) is 17.0. The first-order valence-electron chi connectivity index (χ1n) is 9.43. The fraction of sp³-hybridized carbons (Fsp3) is 0.160. The Kier molecular flexibility index (Phi) is 7.09. The van der Waals surface area contributed by atoms with Gasteiger partial charge in [-0.05, 0) is 41.0 Å². The Morgan fingerprint density at radius 3 is 2.37 bits per heavy atom. The first-order chi connectivity index (χ1) is 14.7. The monoisotopic (exact) mass is 401 g/mol. The van der Waals surface area contributed by atoms with Crippen molar-refractivity contribution in [1.29, 1.82) is 5.26 Å². The summed E-state index contributed by atoms with van der Waals surface area (Å²) in [4.78, 5) is 0. The summed E-state index contributed by atoms with van der Waals surface area (Å²) in [6, 6.07) is 22.8. The summed E-state index contributed by atoms with van der Waals surface area (Å²) in [7, 11) is 3.15. The van der Waals surface area contributed by atoms with Crippen molar-refractivity contribution in [1.82, 2.24) is 0 Å². The zero-order chi connectivity index (χ0) is 21.3. The summed E-state index contributed by atoms with van der Waals surface area (Å²) in [6.07, 6.45) is 1.77. The van der Waals surface area contributed by atoms with E-state index in [9.17, 15) is 10.4 Å². The van der Waals surface area contributed by atoms with Crippen LogP contribution in [0.1, 0.15) is 22.3 Å². The van der Waals surface area contributed by atoms with E-state index in [1.54, 1.807) is 44.6 Å². The number of ether oxygens (including phenoxy) is 3. The van der Waals surface area contributed by atoms with Crippen molar-refractivity contribution < 1.29 is 19.3 Å². The van der Waals surface area contributed by atoms with Crippen molar-refractivity contribution in [2.24, 2.45) is 0 Å². The van der Waals surface area contributed by atoms with Crippen molar-refractivity contribution in [2.45, 2.75) is 13.2 Å². The van der Waals surface area contributed by atoms with Crippen molar-refractivity contribution >= 4 is 11.6 Å². The number of aliphatic hydroxyl groups is 1. The molecule has 5 nitrogen and oxygen atoms in total. The maximum Gasteiger partial charge on any atom is 0.161 e. The molecule has 3 aromatic carbocycles. The predicted molar refractivity (Wildman–Crippen MR) is 116 cm³/mol. The fourth-order valence-corrected chi connectivity index (χ4v) is 3.01. The number of nitrogens with zero attached hydrogens (tertiary/aromatic N) is 1. The van der Waals surface area contributed by atoms with Gasteiger partial charge in [0.05, 0.1) is 32.5 Å². The van der Waals surface area contributed by atoms with Crippen molar-refractivity contribution in [2.75, 3.05) is 14.2 Å². The molecule has 0 spiro atoms. The summed E-state index contributed by atoms with van der Waals surface area (Å²) < 4.78 is 16.5. The van der Waals surface area contributed by atoms with E-state index in [-0.39, 0.29) is 6.61 Å². The molecule has 3 aromatic rings. The third kappa shape index (κ3) is 4.99. The fourth-order valence-electron chi connectivity index (χ4n) is 3.01. The first kappa shape index (κ1) is 21.0. The number of benzene rings is 3. The highest BCUT2D eigenvalue weighted by molar-refractivity contribution is 5.90. The zero-order valence-electron chi connectivity index (χ0n) is 17.0. The molecule has 0 amide bonds. The van der Waals surface area contributed by atoms with Gasteiger partial charge in [0.25, 0.3) is 0 Å². The van der Waals surface area contributed by atoms with Gasteiger partial charge in [-0.25, -0.2) is 0 Å². The molecule has 0 saturated carbocycles. The van der Waals surface area contributed by atoms with Gasteiger partial charge in [-0.3, -0.25) is 0 Å². The molecule has 0 aliphatic carbocycles. The van der Waals surface area contributed by atoms with E-state index in [1.165, 1.54) is 0 Å². The van der Waals surface area contributed by atoms with Crippen LogP contribution in [0.25, 0.3) is 11.6 Å². The summed E-state index contributed by atoms with van der Waals surface area (Å²) in [6.45, 7) is 0.226. The second-order valence-electron chi connectivity index (χ2n) is 6.54. The maximum atomic E-state index is 9.73. The topological polar surface area (TPSA) is 71.7 Å². The van der Waals surface area contributed by atoms with Gasteiger partial charge >= 0.3 is 0 Å². The molecule has 0 unspecified atom stereocenters. The van der Waals surface area contributed by atoms with E-state index in [1.807, 2.05) is 42.5 Å². The summed E-state index contributed by atoms with van der Waals surface area (Å²) in [5.74, 6) is 1.76. The molecule has 1 N–H and O–H groups in total. The number of hydrogen-bond donors (Lipinski definition) is 1. The van der Waals surface area contributed by atoms with Crippen LogP contribution >= 0.6 is 0 Å². The molecule has 0 aliphatic rings. The Morgan fingerprint density at radius 2 is 1.70 bits per heavy atom. The lowest BCUT2D eigenvalue weighted by Crippen LogP contribution is -1.99. The van der Waals surface area contributed by atoms with Crippen LogP contribution in [0.3, 0.4) is 0 Å². The second-order valence-corrected chi connectivity index (χ2v) is 6.54. The average molecular weight is 401 g/mol. The van der Waals surface area contributed by atoms with Gasteiger partial charge in [0, 0.05) is 5.56 Å². The van der Waals surface area contributed by atoms with Crippen LogP contribution in [-0.4, -0.2) is 19.3 Å². The quantitative estimate of drug-likeness (QED) is 0.432. The Morgan fingerprint density at radius 1 is 0.933 bits per heavy atom. The SMILES string of the molecule is COc1ccc(/C=C(\C#N)c2ccc(CO)c(OCc3ccccc3)c2)cc1OC. The molecule has 0 bridgehead atoms. The van der Waals surface area contributed by atoms with E-state index in [0.29, 0.717) is 40.6 Å². The van der Waals surface area contributed by atoms with Crippen LogP contribution in [0.2, 0.25) is 0 Å². The van der Waals surface area contributed by atoms with Gasteiger partial charge in [0.1, 0.15) is 12.4 Å². The van der Waals surface area contributed by atoms with Crippen LogP contribution in [0.5, 0.6) is 17.2 Å². The molecular formula is C25H23NO4. The van der Waals surface area contributed by atoms with Gasteiger partial charge < -0.3 is 19.3 Å². The van der Waals surface area contributed by atoms with E-state index in [4.69, 9.17) is 14.2 Å².